The van der Waals surface area contributed by atoms with Crippen molar-refractivity contribution in [2.45, 2.75) is 45.3 Å². The van der Waals surface area contributed by atoms with Gasteiger partial charge in [0.25, 0.3) is 0 Å². The fourth-order valence-electron chi connectivity index (χ4n) is 2.39. The Hall–Kier alpha value is -2.47. The average Bonchev–Trinajstić information content (AvgIpc) is 2.57. The molecule has 0 saturated heterocycles. The topological polar surface area (TPSA) is 61.6 Å². The van der Waals surface area contributed by atoms with Crippen molar-refractivity contribution in [2.75, 3.05) is 0 Å². The summed E-state index contributed by atoms with van der Waals surface area (Å²) in [5, 5.41) is 0. The standard InChI is InChI=1S/C20H23F2NO3/c1-5-20(23,18(24)26-19(2,3)4)14-11-12-15(21)17(16(14)22)25-13-9-7-6-8-10-13/h6-12H,5,23H2,1-4H3. The first-order chi connectivity index (χ1) is 12.1. The SMILES string of the molecule is CCC(N)(C(=O)OC(C)(C)C)c1ccc(F)c(Oc2ccccc2)c1F. The van der Waals surface area contributed by atoms with Crippen molar-refractivity contribution in [1.29, 1.82) is 0 Å². The van der Waals surface area contributed by atoms with Crippen molar-refractivity contribution in [1.82, 2.24) is 0 Å². The van der Waals surface area contributed by atoms with E-state index in [1.54, 1.807) is 58.0 Å². The number of ether oxygens (including phenoxy) is 2. The lowest BCUT2D eigenvalue weighted by atomic mass is 9.87. The summed E-state index contributed by atoms with van der Waals surface area (Å²) < 4.78 is 39.9. The Morgan fingerprint density at radius 3 is 2.23 bits per heavy atom. The monoisotopic (exact) mass is 363 g/mol. The van der Waals surface area contributed by atoms with Gasteiger partial charge in [-0.15, -0.1) is 0 Å². The molecule has 2 N–H and O–H groups in total. The van der Waals surface area contributed by atoms with E-state index in [4.69, 9.17) is 15.2 Å². The number of nitrogens with two attached hydrogens (primary N) is 1. The third kappa shape index (κ3) is 4.19. The van der Waals surface area contributed by atoms with Crippen LogP contribution in [0, 0.1) is 11.6 Å². The first-order valence-corrected chi connectivity index (χ1v) is 8.32. The van der Waals surface area contributed by atoms with Gasteiger partial charge >= 0.3 is 5.97 Å². The van der Waals surface area contributed by atoms with Gasteiger partial charge in [0.15, 0.2) is 17.4 Å². The van der Waals surface area contributed by atoms with E-state index in [1.165, 1.54) is 0 Å². The van der Waals surface area contributed by atoms with Gasteiger partial charge in [-0.2, -0.15) is 0 Å². The second-order valence-corrected chi connectivity index (χ2v) is 6.98. The van der Waals surface area contributed by atoms with Gasteiger partial charge in [0.1, 0.15) is 16.9 Å². The highest BCUT2D eigenvalue weighted by atomic mass is 19.1. The number of para-hydroxylation sites is 1. The van der Waals surface area contributed by atoms with Crippen LogP contribution in [0.4, 0.5) is 8.78 Å². The molecule has 0 aliphatic carbocycles. The summed E-state index contributed by atoms with van der Waals surface area (Å²) in [7, 11) is 0. The van der Waals surface area contributed by atoms with Gasteiger partial charge < -0.3 is 15.2 Å². The van der Waals surface area contributed by atoms with Gasteiger partial charge in [0.05, 0.1) is 0 Å². The number of halogens is 2. The van der Waals surface area contributed by atoms with Crippen molar-refractivity contribution in [3.63, 3.8) is 0 Å². The van der Waals surface area contributed by atoms with Crippen LogP contribution in [0.15, 0.2) is 42.5 Å². The quantitative estimate of drug-likeness (QED) is 0.785. The van der Waals surface area contributed by atoms with Crippen molar-refractivity contribution < 1.29 is 23.0 Å². The summed E-state index contributed by atoms with van der Waals surface area (Å²) in [6.45, 7) is 6.69. The van der Waals surface area contributed by atoms with Gasteiger partial charge in [0, 0.05) is 5.56 Å². The molecule has 2 aromatic carbocycles. The van der Waals surface area contributed by atoms with E-state index >= 15 is 4.39 Å². The first-order valence-electron chi connectivity index (χ1n) is 8.32. The first kappa shape index (κ1) is 19.8. The summed E-state index contributed by atoms with van der Waals surface area (Å²) in [6, 6.07) is 10.4. The Labute approximate surface area is 151 Å². The molecule has 0 amide bonds. The Morgan fingerprint density at radius 1 is 1.08 bits per heavy atom. The number of rotatable bonds is 5. The molecule has 0 aromatic heterocycles. The maximum absolute atomic E-state index is 15.0. The lowest BCUT2D eigenvalue weighted by Gasteiger charge is -2.31. The number of carbonyl (C=O) groups excluding carboxylic acids is 1. The molecule has 0 saturated carbocycles. The molecule has 0 radical (unpaired) electrons. The number of carbonyl (C=O) groups is 1. The molecule has 2 aromatic rings. The van der Waals surface area contributed by atoms with Crippen LogP contribution in [0.25, 0.3) is 0 Å². The molecular formula is C20H23F2NO3. The van der Waals surface area contributed by atoms with Crippen LogP contribution >= 0.6 is 0 Å². The molecule has 0 heterocycles. The van der Waals surface area contributed by atoms with Crippen LogP contribution in [0.5, 0.6) is 11.5 Å². The molecule has 1 unspecified atom stereocenters. The summed E-state index contributed by atoms with van der Waals surface area (Å²) >= 11 is 0. The zero-order chi connectivity index (χ0) is 19.5. The molecule has 6 heteroatoms. The molecule has 26 heavy (non-hydrogen) atoms. The van der Waals surface area contributed by atoms with E-state index in [2.05, 4.69) is 0 Å². The normalized spacial score (nSPS) is 13.8. The van der Waals surface area contributed by atoms with Crippen LogP contribution in [0.2, 0.25) is 0 Å². The fraction of sp³-hybridized carbons (Fsp3) is 0.350. The van der Waals surface area contributed by atoms with E-state index < -0.39 is 34.5 Å². The molecule has 2 rings (SSSR count). The number of hydrogen-bond acceptors (Lipinski definition) is 4. The minimum Gasteiger partial charge on any atom is -0.458 e. The number of hydrogen-bond donors (Lipinski definition) is 1. The average molecular weight is 363 g/mol. The van der Waals surface area contributed by atoms with Crippen LogP contribution < -0.4 is 10.5 Å². The molecule has 0 fully saturated rings. The molecule has 0 bridgehead atoms. The van der Waals surface area contributed by atoms with Gasteiger partial charge in [-0.25, -0.2) is 13.6 Å². The molecule has 1 atom stereocenters. The van der Waals surface area contributed by atoms with Crippen molar-refractivity contribution >= 4 is 5.97 Å². The highest BCUT2D eigenvalue weighted by Gasteiger charge is 2.41. The Bertz CT molecular complexity index is 788. The van der Waals surface area contributed by atoms with Crippen LogP contribution in [0.3, 0.4) is 0 Å². The van der Waals surface area contributed by atoms with Crippen LogP contribution in [-0.4, -0.2) is 11.6 Å². The zero-order valence-corrected chi connectivity index (χ0v) is 15.3. The third-order valence-corrected chi connectivity index (χ3v) is 3.81. The van der Waals surface area contributed by atoms with Gasteiger partial charge in [0.2, 0.25) is 0 Å². The van der Waals surface area contributed by atoms with Crippen LogP contribution in [0.1, 0.15) is 39.7 Å². The van der Waals surface area contributed by atoms with E-state index in [0.29, 0.717) is 0 Å². The number of esters is 1. The van der Waals surface area contributed by atoms with Crippen molar-refractivity contribution in [3.8, 4) is 11.5 Å². The Kier molecular flexibility index (Phi) is 5.66. The summed E-state index contributed by atoms with van der Waals surface area (Å²) in [6.07, 6.45) is 0.0647. The highest BCUT2D eigenvalue weighted by molar-refractivity contribution is 5.83. The van der Waals surface area contributed by atoms with E-state index in [-0.39, 0.29) is 17.7 Å². The molecule has 0 spiro atoms. The van der Waals surface area contributed by atoms with Crippen LogP contribution in [-0.2, 0) is 15.1 Å². The smallest absolute Gasteiger partial charge is 0.331 e. The Morgan fingerprint density at radius 2 is 1.69 bits per heavy atom. The Balaban J connectivity index is 2.48. The zero-order valence-electron chi connectivity index (χ0n) is 15.3. The predicted molar refractivity (Wildman–Crippen MR) is 94.9 cm³/mol. The highest BCUT2D eigenvalue weighted by Crippen LogP contribution is 2.35. The summed E-state index contributed by atoms with van der Waals surface area (Å²) in [5.74, 6) is -3.05. The lowest BCUT2D eigenvalue weighted by Crippen LogP contribution is -2.48. The van der Waals surface area contributed by atoms with Gasteiger partial charge in [-0.3, -0.25) is 0 Å². The van der Waals surface area contributed by atoms with E-state index in [1.807, 2.05) is 0 Å². The van der Waals surface area contributed by atoms with Gasteiger partial charge in [-0.1, -0.05) is 31.2 Å². The molecule has 4 nitrogen and oxygen atoms in total. The number of benzene rings is 2. The molecule has 0 aliphatic heterocycles. The minimum atomic E-state index is -1.76. The second-order valence-electron chi connectivity index (χ2n) is 6.98. The molecule has 140 valence electrons. The third-order valence-electron chi connectivity index (χ3n) is 3.81. The molecular weight excluding hydrogens is 340 g/mol. The van der Waals surface area contributed by atoms with Gasteiger partial charge in [-0.05, 0) is 45.4 Å². The minimum absolute atomic E-state index is 0.0647. The summed E-state index contributed by atoms with van der Waals surface area (Å²) in [4.78, 5) is 12.6. The second kappa shape index (κ2) is 7.41. The maximum atomic E-state index is 15.0. The van der Waals surface area contributed by atoms with Crippen molar-refractivity contribution in [2.24, 2.45) is 5.73 Å². The fourth-order valence-corrected chi connectivity index (χ4v) is 2.39. The largest absolute Gasteiger partial charge is 0.458 e. The summed E-state index contributed by atoms with van der Waals surface area (Å²) in [5.41, 5.74) is 3.45. The van der Waals surface area contributed by atoms with Crippen molar-refractivity contribution in [3.05, 3.63) is 59.7 Å². The van der Waals surface area contributed by atoms with E-state index in [0.717, 1.165) is 12.1 Å². The lowest BCUT2D eigenvalue weighted by molar-refractivity contribution is -0.162. The predicted octanol–water partition coefficient (Wildman–Crippen LogP) is 4.66. The maximum Gasteiger partial charge on any atom is 0.331 e. The molecule has 0 aliphatic rings. The van der Waals surface area contributed by atoms with E-state index in [9.17, 15) is 9.18 Å².